The van der Waals surface area contributed by atoms with Gasteiger partial charge in [-0.15, -0.1) is 0 Å². The number of amides is 1. The minimum Gasteiger partial charge on any atom is -0.495 e. The van der Waals surface area contributed by atoms with Crippen LogP contribution in [0.25, 0.3) is 33.9 Å². The molecule has 0 radical (unpaired) electrons. The highest BCUT2D eigenvalue weighted by atomic mass is 16.5. The van der Waals surface area contributed by atoms with Crippen molar-refractivity contribution in [2.75, 3.05) is 12.4 Å². The lowest BCUT2D eigenvalue weighted by Gasteiger charge is -2.10. The predicted molar refractivity (Wildman–Crippen MR) is 114 cm³/mol. The number of carbonyl (C=O) groups is 1. The van der Waals surface area contributed by atoms with Crippen molar-refractivity contribution in [3.05, 3.63) is 71.7 Å². The van der Waals surface area contributed by atoms with Crippen molar-refractivity contribution in [1.29, 1.82) is 0 Å². The number of nitrogens with zero attached hydrogens (tertiary/aromatic N) is 2. The van der Waals surface area contributed by atoms with Crippen LogP contribution in [0, 0.1) is 6.92 Å². The number of aromatic amines is 1. The quantitative estimate of drug-likeness (QED) is 0.514. The van der Waals surface area contributed by atoms with Crippen molar-refractivity contribution in [2.45, 2.75) is 6.92 Å². The van der Waals surface area contributed by atoms with E-state index in [1.165, 1.54) is 0 Å². The molecule has 0 fully saturated rings. The fraction of sp³-hybridized carbons (Fsp3) is 0.0870. The zero-order valence-electron chi connectivity index (χ0n) is 16.0. The summed E-state index contributed by atoms with van der Waals surface area (Å²) in [5, 5.41) is 2.93. The molecule has 0 unspecified atom stereocenters. The first kappa shape index (κ1) is 17.2. The van der Waals surface area contributed by atoms with Crippen molar-refractivity contribution in [2.24, 2.45) is 0 Å². The molecule has 0 aliphatic carbocycles. The first-order valence-electron chi connectivity index (χ1n) is 9.27. The molecule has 1 aliphatic heterocycles. The van der Waals surface area contributed by atoms with Gasteiger partial charge in [-0.3, -0.25) is 4.79 Å². The van der Waals surface area contributed by atoms with E-state index in [1.54, 1.807) is 19.4 Å². The molecule has 0 bridgehead atoms. The molecule has 2 aromatic carbocycles. The molecule has 5 rings (SSSR count). The highest BCUT2D eigenvalue weighted by Gasteiger charge is 2.28. The van der Waals surface area contributed by atoms with Crippen LogP contribution in [0.5, 0.6) is 5.75 Å². The molecule has 4 aromatic rings. The van der Waals surface area contributed by atoms with Gasteiger partial charge in [-0.25, -0.2) is 9.97 Å². The maximum atomic E-state index is 12.7. The van der Waals surface area contributed by atoms with Crippen LogP contribution in [0.2, 0.25) is 0 Å². The average Bonchev–Trinajstić information content (AvgIpc) is 3.32. The number of carbonyl (C=O) groups excluding carboxylic acids is 1. The number of aromatic nitrogens is 3. The Balaban J connectivity index is 1.72. The van der Waals surface area contributed by atoms with E-state index in [0.29, 0.717) is 16.8 Å². The van der Waals surface area contributed by atoms with Gasteiger partial charge >= 0.3 is 0 Å². The smallest absolute Gasteiger partial charge is 0.256 e. The number of benzene rings is 2. The minimum atomic E-state index is -0.171. The number of fused-ring (bicyclic) bond motifs is 3. The van der Waals surface area contributed by atoms with Crippen molar-refractivity contribution >= 4 is 34.3 Å². The van der Waals surface area contributed by atoms with Crippen LogP contribution in [0.15, 0.2) is 54.7 Å². The van der Waals surface area contributed by atoms with Crippen molar-refractivity contribution < 1.29 is 9.53 Å². The fourth-order valence-corrected chi connectivity index (χ4v) is 3.70. The van der Waals surface area contributed by atoms with E-state index in [9.17, 15) is 4.79 Å². The number of hydrogen-bond donors (Lipinski definition) is 2. The average molecular weight is 382 g/mol. The third-order valence-corrected chi connectivity index (χ3v) is 5.07. The van der Waals surface area contributed by atoms with Gasteiger partial charge in [-0.1, -0.05) is 30.3 Å². The second-order valence-electron chi connectivity index (χ2n) is 6.85. The van der Waals surface area contributed by atoms with Crippen LogP contribution in [0.4, 0.5) is 5.69 Å². The molecule has 2 N–H and O–H groups in total. The Bertz CT molecular complexity index is 1290. The largest absolute Gasteiger partial charge is 0.495 e. The molecule has 1 aliphatic rings. The molecule has 0 spiro atoms. The number of anilines is 1. The highest BCUT2D eigenvalue weighted by molar-refractivity contribution is 6.37. The van der Waals surface area contributed by atoms with Crippen LogP contribution < -0.4 is 10.1 Å². The molecule has 0 atom stereocenters. The van der Waals surface area contributed by atoms with E-state index < -0.39 is 0 Å². The second kappa shape index (κ2) is 6.60. The van der Waals surface area contributed by atoms with Gasteiger partial charge in [0.1, 0.15) is 5.75 Å². The fourth-order valence-electron chi connectivity index (χ4n) is 3.70. The molecular formula is C23H18N4O2. The summed E-state index contributed by atoms with van der Waals surface area (Å²) >= 11 is 0. The summed E-state index contributed by atoms with van der Waals surface area (Å²) in [6.45, 7) is 1.94. The molecule has 3 heterocycles. The Hall–Kier alpha value is -3.93. The SMILES string of the molecule is COc1cc[nH]c1/C=C1/C(=O)Nc2ccc3nc(-c4ccccc4)c(C)nc3c21. The summed E-state index contributed by atoms with van der Waals surface area (Å²) in [7, 11) is 1.60. The molecule has 6 heteroatoms. The maximum absolute atomic E-state index is 12.7. The Kier molecular flexibility index (Phi) is 3.91. The Morgan fingerprint density at radius 1 is 1.03 bits per heavy atom. The van der Waals surface area contributed by atoms with Crippen molar-refractivity contribution in [3.8, 4) is 17.0 Å². The van der Waals surface area contributed by atoms with Gasteiger partial charge in [0.15, 0.2) is 0 Å². The zero-order valence-corrected chi connectivity index (χ0v) is 16.0. The standard InChI is InChI=1S/C23H18N4O2/c1-13-21(14-6-4-3-5-7-14)26-17-9-8-16-20(22(17)25-13)15(23(28)27-16)12-18-19(29-2)10-11-24-18/h3-12,24H,1-2H3,(H,27,28)/b15-12+. The predicted octanol–water partition coefficient (Wildman–Crippen LogP) is 4.43. The van der Waals surface area contributed by atoms with Gasteiger partial charge in [0, 0.05) is 17.3 Å². The summed E-state index contributed by atoms with van der Waals surface area (Å²) in [6.07, 6.45) is 3.57. The van der Waals surface area contributed by atoms with E-state index in [2.05, 4.69) is 10.3 Å². The lowest BCUT2D eigenvalue weighted by molar-refractivity contribution is -0.110. The van der Waals surface area contributed by atoms with Crippen LogP contribution in [-0.4, -0.2) is 28.0 Å². The third kappa shape index (κ3) is 2.77. The molecule has 6 nitrogen and oxygen atoms in total. The third-order valence-electron chi connectivity index (χ3n) is 5.07. The monoisotopic (exact) mass is 382 g/mol. The van der Waals surface area contributed by atoms with Crippen molar-refractivity contribution in [1.82, 2.24) is 15.0 Å². The Morgan fingerprint density at radius 2 is 1.86 bits per heavy atom. The topological polar surface area (TPSA) is 79.9 Å². The molecular weight excluding hydrogens is 364 g/mol. The lowest BCUT2D eigenvalue weighted by Crippen LogP contribution is -2.03. The highest BCUT2D eigenvalue weighted by Crippen LogP contribution is 2.39. The number of nitrogens with one attached hydrogen (secondary N) is 2. The lowest BCUT2D eigenvalue weighted by atomic mass is 10.0. The van der Waals surface area contributed by atoms with Crippen LogP contribution in [-0.2, 0) is 4.79 Å². The van der Waals surface area contributed by atoms with Crippen LogP contribution in [0.1, 0.15) is 17.0 Å². The van der Waals surface area contributed by atoms with Crippen molar-refractivity contribution in [3.63, 3.8) is 0 Å². The van der Waals surface area contributed by atoms with E-state index in [-0.39, 0.29) is 5.91 Å². The second-order valence-corrected chi connectivity index (χ2v) is 6.85. The first-order chi connectivity index (χ1) is 14.2. The summed E-state index contributed by atoms with van der Waals surface area (Å²) in [5.74, 6) is 0.503. The molecule has 29 heavy (non-hydrogen) atoms. The Morgan fingerprint density at radius 3 is 2.66 bits per heavy atom. The van der Waals surface area contributed by atoms with Gasteiger partial charge in [0.2, 0.25) is 0 Å². The summed E-state index contributed by atoms with van der Waals surface area (Å²) in [6, 6.07) is 15.6. The van der Waals surface area contributed by atoms with Gasteiger partial charge in [-0.05, 0) is 31.2 Å². The Labute approximate surface area is 167 Å². The number of H-pyrrole nitrogens is 1. The summed E-state index contributed by atoms with van der Waals surface area (Å²) in [4.78, 5) is 25.5. The molecule has 1 amide bonds. The van der Waals surface area contributed by atoms with Gasteiger partial charge in [-0.2, -0.15) is 0 Å². The minimum absolute atomic E-state index is 0.171. The summed E-state index contributed by atoms with van der Waals surface area (Å²) in [5.41, 5.74) is 6.88. The summed E-state index contributed by atoms with van der Waals surface area (Å²) < 4.78 is 5.35. The van der Waals surface area contributed by atoms with E-state index in [0.717, 1.165) is 39.4 Å². The molecule has 2 aromatic heterocycles. The molecule has 142 valence electrons. The van der Waals surface area contributed by atoms with E-state index in [4.69, 9.17) is 14.7 Å². The molecule has 0 saturated heterocycles. The number of rotatable bonds is 3. The maximum Gasteiger partial charge on any atom is 0.256 e. The van der Waals surface area contributed by atoms with Crippen LogP contribution >= 0.6 is 0 Å². The van der Waals surface area contributed by atoms with E-state index in [1.807, 2.05) is 55.5 Å². The number of hydrogen-bond acceptors (Lipinski definition) is 4. The number of ether oxygens (including phenoxy) is 1. The first-order valence-corrected chi connectivity index (χ1v) is 9.27. The molecule has 0 saturated carbocycles. The zero-order chi connectivity index (χ0) is 20.0. The van der Waals surface area contributed by atoms with Gasteiger partial charge in [0.05, 0.1) is 46.5 Å². The number of aryl methyl sites for hydroxylation is 1. The normalized spacial score (nSPS) is 14.3. The van der Waals surface area contributed by atoms with Gasteiger partial charge < -0.3 is 15.0 Å². The van der Waals surface area contributed by atoms with E-state index >= 15 is 0 Å². The van der Waals surface area contributed by atoms with Crippen LogP contribution in [0.3, 0.4) is 0 Å². The number of methoxy groups -OCH3 is 1. The van der Waals surface area contributed by atoms with Gasteiger partial charge in [0.25, 0.3) is 5.91 Å².